The molecule has 1 aliphatic carbocycles. The van der Waals surface area contributed by atoms with E-state index in [0.717, 1.165) is 18.4 Å². The number of nitrogens with one attached hydrogen (secondary N) is 1. The van der Waals surface area contributed by atoms with E-state index in [9.17, 15) is 14.4 Å². The number of imide groups is 1. The topological polar surface area (TPSA) is 92.5 Å². The first kappa shape index (κ1) is 14.6. The van der Waals surface area contributed by atoms with Gasteiger partial charge in [-0.25, -0.2) is 0 Å². The number of hydrogen-bond donors (Lipinski definition) is 1. The van der Waals surface area contributed by atoms with Gasteiger partial charge >= 0.3 is 0 Å². The molecule has 4 rings (SSSR count). The molecule has 1 saturated carbocycles. The van der Waals surface area contributed by atoms with E-state index in [0.29, 0.717) is 5.76 Å². The molecule has 2 aromatic rings. The molecule has 0 bridgehead atoms. The van der Waals surface area contributed by atoms with Crippen LogP contribution in [0.5, 0.6) is 0 Å². The summed E-state index contributed by atoms with van der Waals surface area (Å²) in [6.45, 7) is 0. The Kier molecular flexibility index (Phi) is 3.41. The summed E-state index contributed by atoms with van der Waals surface area (Å²) in [4.78, 5) is 37.7. The van der Waals surface area contributed by atoms with Gasteiger partial charge in [0.25, 0.3) is 5.91 Å². The summed E-state index contributed by atoms with van der Waals surface area (Å²) < 4.78 is 5.27. The maximum Gasteiger partial charge on any atom is 0.277 e. The van der Waals surface area contributed by atoms with E-state index < -0.39 is 11.9 Å². The zero-order valence-corrected chi connectivity index (χ0v) is 12.8. The quantitative estimate of drug-likeness (QED) is 0.857. The van der Waals surface area contributed by atoms with Crippen molar-refractivity contribution in [3.05, 3.63) is 42.1 Å². The fourth-order valence-corrected chi connectivity index (χ4v) is 2.93. The third-order valence-electron chi connectivity index (χ3n) is 4.24. The van der Waals surface area contributed by atoms with Crippen LogP contribution in [0.1, 0.15) is 29.8 Å². The normalized spacial score (nSPS) is 20.1. The van der Waals surface area contributed by atoms with Gasteiger partial charge in [0.05, 0.1) is 6.42 Å². The van der Waals surface area contributed by atoms with E-state index in [2.05, 4.69) is 10.5 Å². The molecule has 2 heterocycles. The van der Waals surface area contributed by atoms with Crippen LogP contribution in [0.15, 0.2) is 40.9 Å². The first-order valence-electron chi connectivity index (χ1n) is 7.82. The minimum atomic E-state index is -0.755. The second kappa shape index (κ2) is 5.59. The van der Waals surface area contributed by atoms with Crippen molar-refractivity contribution in [3.63, 3.8) is 0 Å². The molecule has 7 nitrogen and oxygen atoms in total. The predicted octanol–water partition coefficient (Wildman–Crippen LogP) is 1.36. The molecule has 0 spiro atoms. The van der Waals surface area contributed by atoms with Crippen molar-refractivity contribution in [2.75, 3.05) is 0 Å². The first-order valence-corrected chi connectivity index (χ1v) is 7.82. The highest BCUT2D eigenvalue weighted by Crippen LogP contribution is 2.32. The summed E-state index contributed by atoms with van der Waals surface area (Å²) in [6, 6.07) is 10.1. The molecule has 0 radical (unpaired) electrons. The van der Waals surface area contributed by atoms with Crippen LogP contribution in [-0.4, -0.2) is 39.9 Å². The van der Waals surface area contributed by atoms with Crippen molar-refractivity contribution >= 4 is 17.7 Å². The van der Waals surface area contributed by atoms with Crippen LogP contribution in [0, 0.1) is 0 Å². The fourth-order valence-electron chi connectivity index (χ4n) is 2.93. The molecule has 7 heteroatoms. The second-order valence-corrected chi connectivity index (χ2v) is 6.02. The van der Waals surface area contributed by atoms with Gasteiger partial charge in [-0.1, -0.05) is 35.5 Å². The van der Waals surface area contributed by atoms with E-state index in [1.165, 1.54) is 4.90 Å². The van der Waals surface area contributed by atoms with Gasteiger partial charge in [0, 0.05) is 17.7 Å². The number of hydrogen-bond acceptors (Lipinski definition) is 5. The van der Waals surface area contributed by atoms with Gasteiger partial charge in [0.2, 0.25) is 11.8 Å². The van der Waals surface area contributed by atoms with Gasteiger partial charge in [0.1, 0.15) is 6.04 Å². The average Bonchev–Trinajstić information content (AvgIpc) is 3.18. The van der Waals surface area contributed by atoms with Gasteiger partial charge < -0.3 is 9.42 Å². The van der Waals surface area contributed by atoms with E-state index in [1.807, 2.05) is 30.3 Å². The van der Waals surface area contributed by atoms with Crippen LogP contribution in [0.3, 0.4) is 0 Å². The molecule has 1 saturated heterocycles. The van der Waals surface area contributed by atoms with Crippen molar-refractivity contribution in [2.24, 2.45) is 0 Å². The summed E-state index contributed by atoms with van der Waals surface area (Å²) >= 11 is 0. The predicted molar refractivity (Wildman–Crippen MR) is 82.7 cm³/mol. The maximum absolute atomic E-state index is 12.8. The lowest BCUT2D eigenvalue weighted by molar-refractivity contribution is -0.126. The third kappa shape index (κ3) is 2.58. The van der Waals surface area contributed by atoms with Gasteiger partial charge in [-0.2, -0.15) is 0 Å². The fraction of sp³-hybridized carbons (Fsp3) is 0.294. The summed E-state index contributed by atoms with van der Waals surface area (Å²) in [7, 11) is 0. The van der Waals surface area contributed by atoms with Gasteiger partial charge in [-0.15, -0.1) is 0 Å². The number of benzene rings is 1. The lowest BCUT2D eigenvalue weighted by atomic mass is 10.1. The van der Waals surface area contributed by atoms with Gasteiger partial charge in [-0.3, -0.25) is 19.7 Å². The van der Waals surface area contributed by atoms with Crippen LogP contribution in [0.2, 0.25) is 0 Å². The Labute approximate surface area is 137 Å². The van der Waals surface area contributed by atoms with Crippen LogP contribution in [0.25, 0.3) is 11.3 Å². The Morgan fingerprint density at radius 3 is 2.58 bits per heavy atom. The molecule has 1 atom stereocenters. The molecule has 1 aromatic carbocycles. The minimum absolute atomic E-state index is 0.00443. The molecule has 1 aromatic heterocycles. The summed E-state index contributed by atoms with van der Waals surface area (Å²) in [5.41, 5.74) is 0.962. The zero-order chi connectivity index (χ0) is 16.7. The highest BCUT2D eigenvalue weighted by molar-refractivity contribution is 6.08. The number of amides is 3. The molecule has 2 fully saturated rings. The SMILES string of the molecule is O=C1C[C@@H](N(C(=O)c2cc(-c3ccccc3)on2)C2CC2)C(=O)N1. The molecule has 1 aliphatic heterocycles. The number of nitrogens with zero attached hydrogens (tertiary/aromatic N) is 2. The van der Waals surface area contributed by atoms with E-state index in [4.69, 9.17) is 4.52 Å². The van der Waals surface area contributed by atoms with Crippen LogP contribution in [-0.2, 0) is 9.59 Å². The lowest BCUT2D eigenvalue weighted by Crippen LogP contribution is -2.46. The Hall–Kier alpha value is -2.96. The molecular weight excluding hydrogens is 310 g/mol. The first-order chi connectivity index (χ1) is 11.6. The average molecular weight is 325 g/mol. The number of carbonyl (C=O) groups is 3. The number of aromatic nitrogens is 1. The Balaban J connectivity index is 1.61. The highest BCUT2D eigenvalue weighted by atomic mass is 16.5. The smallest absolute Gasteiger partial charge is 0.277 e. The molecule has 3 amide bonds. The third-order valence-corrected chi connectivity index (χ3v) is 4.24. The monoisotopic (exact) mass is 325 g/mol. The van der Waals surface area contributed by atoms with Crippen molar-refractivity contribution in [2.45, 2.75) is 31.3 Å². The largest absolute Gasteiger partial charge is 0.355 e. The molecular formula is C17H15N3O4. The summed E-state index contributed by atoms with van der Waals surface area (Å²) in [6.07, 6.45) is 1.66. The van der Waals surface area contributed by atoms with Crippen LogP contribution < -0.4 is 5.32 Å². The lowest BCUT2D eigenvalue weighted by Gasteiger charge is -2.25. The van der Waals surface area contributed by atoms with Gasteiger partial charge in [-0.05, 0) is 12.8 Å². The molecule has 122 valence electrons. The number of rotatable bonds is 4. The Morgan fingerprint density at radius 1 is 1.21 bits per heavy atom. The van der Waals surface area contributed by atoms with Crippen LogP contribution >= 0.6 is 0 Å². The van der Waals surface area contributed by atoms with Crippen molar-refractivity contribution in [3.8, 4) is 11.3 Å². The van der Waals surface area contributed by atoms with Crippen molar-refractivity contribution < 1.29 is 18.9 Å². The minimum Gasteiger partial charge on any atom is -0.355 e. The second-order valence-electron chi connectivity index (χ2n) is 6.02. The molecule has 24 heavy (non-hydrogen) atoms. The van der Waals surface area contributed by atoms with Crippen molar-refractivity contribution in [1.29, 1.82) is 0 Å². The molecule has 0 unspecified atom stereocenters. The van der Waals surface area contributed by atoms with E-state index in [1.54, 1.807) is 6.07 Å². The summed E-state index contributed by atoms with van der Waals surface area (Å²) in [5, 5.41) is 6.11. The van der Waals surface area contributed by atoms with Crippen LogP contribution in [0.4, 0.5) is 0 Å². The van der Waals surface area contributed by atoms with Gasteiger partial charge in [0.15, 0.2) is 11.5 Å². The Morgan fingerprint density at radius 2 is 1.96 bits per heavy atom. The molecule has 1 N–H and O–H groups in total. The highest BCUT2D eigenvalue weighted by Gasteiger charge is 2.45. The summed E-state index contributed by atoms with van der Waals surface area (Å²) in [5.74, 6) is -0.666. The molecule has 2 aliphatic rings. The van der Waals surface area contributed by atoms with E-state index in [-0.39, 0.29) is 30.0 Å². The number of carbonyl (C=O) groups excluding carboxylic acids is 3. The zero-order valence-electron chi connectivity index (χ0n) is 12.8. The van der Waals surface area contributed by atoms with E-state index >= 15 is 0 Å². The Bertz CT molecular complexity index is 810. The standard InChI is InChI=1S/C17H15N3O4/c21-15-9-13(16(22)18-15)20(11-6-7-11)17(23)12-8-14(24-19-12)10-4-2-1-3-5-10/h1-5,8,11,13H,6-7,9H2,(H,18,21,22)/t13-/m1/s1. The van der Waals surface area contributed by atoms with Crippen molar-refractivity contribution in [1.82, 2.24) is 15.4 Å². The maximum atomic E-state index is 12.8.